The Bertz CT molecular complexity index is 900. The summed E-state index contributed by atoms with van der Waals surface area (Å²) in [5.41, 5.74) is 2.41. The van der Waals surface area contributed by atoms with Gasteiger partial charge >= 0.3 is 0 Å². The van der Waals surface area contributed by atoms with Crippen molar-refractivity contribution in [3.8, 4) is 5.75 Å². The summed E-state index contributed by atoms with van der Waals surface area (Å²) < 4.78 is 19.7. The van der Waals surface area contributed by atoms with E-state index >= 15 is 0 Å². The number of nitrogens with one attached hydrogen (secondary N) is 1. The monoisotopic (exact) mass is 351 g/mol. The van der Waals surface area contributed by atoms with Crippen LogP contribution in [0.4, 0.5) is 10.1 Å². The minimum absolute atomic E-state index is 0.248. The van der Waals surface area contributed by atoms with Gasteiger partial charge in [-0.3, -0.25) is 9.48 Å². The van der Waals surface area contributed by atoms with E-state index in [1.165, 1.54) is 18.2 Å². The molecule has 5 nitrogen and oxygen atoms in total. The van der Waals surface area contributed by atoms with E-state index in [1.54, 1.807) is 42.4 Å². The maximum absolute atomic E-state index is 12.9. The van der Waals surface area contributed by atoms with Crippen LogP contribution in [0.15, 0.2) is 67.0 Å². The number of methoxy groups -OCH3 is 1. The second-order valence-electron chi connectivity index (χ2n) is 5.65. The number of hydrogen-bond acceptors (Lipinski definition) is 3. The van der Waals surface area contributed by atoms with Crippen LogP contribution in [0.5, 0.6) is 5.75 Å². The number of ether oxygens (including phenoxy) is 1. The van der Waals surface area contributed by atoms with Gasteiger partial charge in [-0.25, -0.2) is 4.39 Å². The van der Waals surface area contributed by atoms with Crippen LogP contribution in [0.3, 0.4) is 0 Å². The Hall–Kier alpha value is -3.41. The minimum Gasteiger partial charge on any atom is -0.497 e. The first kappa shape index (κ1) is 17.4. The fourth-order valence-electron chi connectivity index (χ4n) is 2.36. The van der Waals surface area contributed by atoms with E-state index in [4.69, 9.17) is 4.74 Å². The Kier molecular flexibility index (Phi) is 5.43. The Morgan fingerprint density at radius 2 is 1.92 bits per heavy atom. The largest absolute Gasteiger partial charge is 0.497 e. The van der Waals surface area contributed by atoms with Crippen molar-refractivity contribution in [1.82, 2.24) is 9.78 Å². The molecule has 0 radical (unpaired) electrons. The lowest BCUT2D eigenvalue weighted by atomic mass is 10.2. The fourth-order valence-corrected chi connectivity index (χ4v) is 2.36. The molecule has 0 saturated carbocycles. The molecule has 26 heavy (non-hydrogen) atoms. The molecule has 0 aliphatic carbocycles. The molecule has 1 heterocycles. The molecule has 0 spiro atoms. The molecule has 0 saturated heterocycles. The Morgan fingerprint density at radius 3 is 2.62 bits per heavy atom. The number of halogens is 1. The quantitative estimate of drug-likeness (QED) is 0.689. The van der Waals surface area contributed by atoms with Crippen molar-refractivity contribution < 1.29 is 13.9 Å². The number of anilines is 1. The molecule has 1 N–H and O–H groups in total. The van der Waals surface area contributed by atoms with Gasteiger partial charge in [0.1, 0.15) is 11.6 Å². The number of carbonyl (C=O) groups excluding carboxylic acids is 1. The van der Waals surface area contributed by atoms with Gasteiger partial charge in [0.25, 0.3) is 0 Å². The summed E-state index contributed by atoms with van der Waals surface area (Å²) in [7, 11) is 1.61. The van der Waals surface area contributed by atoms with Gasteiger partial charge in [-0.05, 0) is 41.5 Å². The summed E-state index contributed by atoms with van der Waals surface area (Å²) in [6.07, 6.45) is 6.47. The number of carbonyl (C=O) groups is 1. The van der Waals surface area contributed by atoms with E-state index in [-0.39, 0.29) is 11.7 Å². The van der Waals surface area contributed by atoms with E-state index in [9.17, 15) is 9.18 Å². The Morgan fingerprint density at radius 1 is 1.19 bits per heavy atom. The number of hydrogen-bond donors (Lipinski definition) is 1. The normalized spacial score (nSPS) is 10.8. The molecule has 3 aromatic rings. The Labute approximate surface area is 150 Å². The molecule has 0 bridgehead atoms. The van der Waals surface area contributed by atoms with E-state index < -0.39 is 0 Å². The summed E-state index contributed by atoms with van der Waals surface area (Å²) in [4.78, 5) is 12.0. The molecular weight excluding hydrogens is 333 g/mol. The van der Waals surface area contributed by atoms with Crippen LogP contribution in [-0.4, -0.2) is 22.8 Å². The van der Waals surface area contributed by atoms with Gasteiger partial charge in [-0.2, -0.15) is 5.10 Å². The smallest absolute Gasteiger partial charge is 0.248 e. The van der Waals surface area contributed by atoms with Crippen LogP contribution in [-0.2, 0) is 11.3 Å². The average molecular weight is 351 g/mol. The van der Waals surface area contributed by atoms with Crippen LogP contribution in [0, 0.1) is 5.82 Å². The van der Waals surface area contributed by atoms with E-state index in [0.717, 1.165) is 16.9 Å². The van der Waals surface area contributed by atoms with E-state index in [0.29, 0.717) is 12.2 Å². The molecule has 6 heteroatoms. The van der Waals surface area contributed by atoms with Crippen molar-refractivity contribution >= 4 is 17.7 Å². The molecule has 0 aliphatic rings. The van der Waals surface area contributed by atoms with Gasteiger partial charge in [0.05, 0.1) is 25.5 Å². The SMILES string of the molecule is COc1ccc(/C=C/C(=O)Nc2cnn(Cc3ccc(F)cc3)c2)cc1. The first-order chi connectivity index (χ1) is 12.6. The number of benzene rings is 2. The predicted octanol–water partition coefficient (Wildman–Crippen LogP) is 3.73. The standard InChI is InChI=1S/C20H18FN3O2/c1-26-19-9-4-15(5-10-19)6-11-20(25)23-18-12-22-24(14-18)13-16-2-7-17(21)8-3-16/h2-12,14H,13H2,1H3,(H,23,25)/b11-6+. The lowest BCUT2D eigenvalue weighted by Crippen LogP contribution is -2.07. The summed E-state index contributed by atoms with van der Waals surface area (Å²) in [6, 6.07) is 13.6. The van der Waals surface area contributed by atoms with Crippen molar-refractivity contribution in [1.29, 1.82) is 0 Å². The first-order valence-electron chi connectivity index (χ1n) is 8.02. The number of aromatic nitrogens is 2. The van der Waals surface area contributed by atoms with Crippen LogP contribution < -0.4 is 10.1 Å². The molecule has 132 valence electrons. The molecule has 0 aliphatic heterocycles. The third-order valence-corrected chi connectivity index (χ3v) is 3.70. The number of nitrogens with zero attached hydrogens (tertiary/aromatic N) is 2. The highest BCUT2D eigenvalue weighted by Gasteiger charge is 2.03. The third kappa shape index (κ3) is 4.80. The van der Waals surface area contributed by atoms with Crippen molar-refractivity contribution in [2.75, 3.05) is 12.4 Å². The van der Waals surface area contributed by atoms with Crippen molar-refractivity contribution in [3.63, 3.8) is 0 Å². The van der Waals surface area contributed by atoms with Crippen LogP contribution in [0.2, 0.25) is 0 Å². The molecule has 0 atom stereocenters. The lowest BCUT2D eigenvalue weighted by Gasteiger charge is -2.01. The highest BCUT2D eigenvalue weighted by molar-refractivity contribution is 6.01. The topological polar surface area (TPSA) is 56.1 Å². The molecule has 0 unspecified atom stereocenters. The number of amides is 1. The second-order valence-corrected chi connectivity index (χ2v) is 5.65. The zero-order valence-electron chi connectivity index (χ0n) is 14.2. The molecule has 3 rings (SSSR count). The van der Waals surface area contributed by atoms with Gasteiger partial charge in [0.2, 0.25) is 5.91 Å². The minimum atomic E-state index is -0.272. The van der Waals surface area contributed by atoms with Crippen molar-refractivity contribution in [2.45, 2.75) is 6.54 Å². The fraction of sp³-hybridized carbons (Fsp3) is 0.100. The van der Waals surface area contributed by atoms with Gasteiger partial charge in [0.15, 0.2) is 0 Å². The summed E-state index contributed by atoms with van der Waals surface area (Å²) in [6.45, 7) is 0.498. The van der Waals surface area contributed by atoms with Crippen LogP contribution >= 0.6 is 0 Å². The molecule has 1 aromatic heterocycles. The highest BCUT2D eigenvalue weighted by atomic mass is 19.1. The summed E-state index contributed by atoms with van der Waals surface area (Å²) in [5, 5.41) is 6.95. The maximum Gasteiger partial charge on any atom is 0.248 e. The second kappa shape index (κ2) is 8.11. The van der Waals surface area contributed by atoms with Crippen molar-refractivity contribution in [3.05, 3.63) is 83.9 Å². The zero-order valence-corrected chi connectivity index (χ0v) is 14.2. The third-order valence-electron chi connectivity index (χ3n) is 3.70. The highest BCUT2D eigenvalue weighted by Crippen LogP contribution is 2.13. The van der Waals surface area contributed by atoms with E-state index in [1.807, 2.05) is 24.3 Å². The molecule has 0 fully saturated rings. The van der Waals surface area contributed by atoms with Gasteiger partial charge < -0.3 is 10.1 Å². The first-order valence-corrected chi connectivity index (χ1v) is 8.02. The predicted molar refractivity (Wildman–Crippen MR) is 98.4 cm³/mol. The van der Waals surface area contributed by atoms with Gasteiger partial charge in [-0.1, -0.05) is 24.3 Å². The van der Waals surface area contributed by atoms with E-state index in [2.05, 4.69) is 10.4 Å². The van der Waals surface area contributed by atoms with Gasteiger partial charge in [0, 0.05) is 12.3 Å². The van der Waals surface area contributed by atoms with Gasteiger partial charge in [-0.15, -0.1) is 0 Å². The zero-order chi connectivity index (χ0) is 18.4. The molecular formula is C20H18FN3O2. The maximum atomic E-state index is 12.9. The number of rotatable bonds is 6. The van der Waals surface area contributed by atoms with Crippen molar-refractivity contribution in [2.24, 2.45) is 0 Å². The summed E-state index contributed by atoms with van der Waals surface area (Å²) in [5.74, 6) is 0.244. The van der Waals surface area contributed by atoms with Crippen LogP contribution in [0.25, 0.3) is 6.08 Å². The molecule has 2 aromatic carbocycles. The van der Waals surface area contributed by atoms with Crippen LogP contribution in [0.1, 0.15) is 11.1 Å². The summed E-state index contributed by atoms with van der Waals surface area (Å²) >= 11 is 0. The Balaban J connectivity index is 1.56. The average Bonchev–Trinajstić information content (AvgIpc) is 3.09. The lowest BCUT2D eigenvalue weighted by molar-refractivity contribution is -0.111. The molecule has 1 amide bonds.